The Morgan fingerprint density at radius 3 is 2.72 bits per heavy atom. The molecule has 2 heterocycles. The molecule has 0 aliphatic carbocycles. The minimum Gasteiger partial charge on any atom is -0.340 e. The van der Waals surface area contributed by atoms with Crippen molar-refractivity contribution in [1.82, 2.24) is 4.90 Å². The van der Waals surface area contributed by atoms with E-state index in [1.807, 2.05) is 22.4 Å². The second kappa shape index (κ2) is 7.43. The van der Waals surface area contributed by atoms with Crippen LogP contribution in [0.15, 0.2) is 35.7 Å². The standard InChI is InChI=1S/C18H22N2O2S3/c1-13-5-6-15(10-14(13)2)19-18(23)20(11-17-4-3-8-24-17)16-7-9-25(21,22)12-16/h3-6,8,10,16H,7,9,11-12H2,1-2H3,(H,19,23)/t16-/m0/s1. The van der Waals surface area contributed by atoms with Gasteiger partial charge in [0, 0.05) is 16.6 Å². The van der Waals surface area contributed by atoms with Gasteiger partial charge in [-0.05, 0) is 67.2 Å². The third kappa shape index (κ3) is 4.59. The predicted molar refractivity (Wildman–Crippen MR) is 109 cm³/mol. The molecule has 1 N–H and O–H groups in total. The number of hydrogen-bond donors (Lipinski definition) is 1. The number of thiophene rings is 1. The quantitative estimate of drug-likeness (QED) is 0.801. The van der Waals surface area contributed by atoms with E-state index in [9.17, 15) is 8.42 Å². The van der Waals surface area contributed by atoms with Crippen molar-refractivity contribution in [3.05, 3.63) is 51.7 Å². The molecule has 0 amide bonds. The zero-order valence-corrected chi connectivity index (χ0v) is 16.8. The van der Waals surface area contributed by atoms with E-state index in [-0.39, 0.29) is 17.5 Å². The van der Waals surface area contributed by atoms with Crippen LogP contribution in [0.1, 0.15) is 22.4 Å². The minimum absolute atomic E-state index is 0.0707. The number of aryl methyl sites for hydroxylation is 2. The third-order valence-electron chi connectivity index (χ3n) is 4.57. The Kier molecular flexibility index (Phi) is 5.46. The van der Waals surface area contributed by atoms with Crippen LogP contribution in [-0.2, 0) is 16.4 Å². The van der Waals surface area contributed by atoms with Crippen molar-refractivity contribution in [3.63, 3.8) is 0 Å². The molecule has 0 radical (unpaired) electrons. The van der Waals surface area contributed by atoms with Crippen molar-refractivity contribution in [2.24, 2.45) is 0 Å². The molecule has 0 saturated carbocycles. The summed E-state index contributed by atoms with van der Waals surface area (Å²) in [5.74, 6) is 0.415. The lowest BCUT2D eigenvalue weighted by atomic mass is 10.1. The number of nitrogens with zero attached hydrogens (tertiary/aromatic N) is 1. The summed E-state index contributed by atoms with van der Waals surface area (Å²) in [4.78, 5) is 3.20. The van der Waals surface area contributed by atoms with E-state index in [2.05, 4.69) is 37.4 Å². The molecular formula is C18H22N2O2S3. The molecule has 1 aliphatic rings. The molecule has 1 fully saturated rings. The van der Waals surface area contributed by atoms with Crippen LogP contribution in [0.25, 0.3) is 0 Å². The summed E-state index contributed by atoms with van der Waals surface area (Å²) < 4.78 is 23.8. The largest absolute Gasteiger partial charge is 0.340 e. The predicted octanol–water partition coefficient (Wildman–Crippen LogP) is 3.75. The van der Waals surface area contributed by atoms with Gasteiger partial charge in [0.15, 0.2) is 14.9 Å². The zero-order chi connectivity index (χ0) is 18.0. The van der Waals surface area contributed by atoms with Crippen LogP contribution in [0.4, 0.5) is 5.69 Å². The van der Waals surface area contributed by atoms with Crippen molar-refractivity contribution in [2.45, 2.75) is 32.9 Å². The molecule has 1 aromatic heterocycles. The lowest BCUT2D eigenvalue weighted by Crippen LogP contribution is -2.42. The zero-order valence-electron chi connectivity index (χ0n) is 14.4. The number of sulfone groups is 1. The highest BCUT2D eigenvalue weighted by Gasteiger charge is 2.33. The van der Waals surface area contributed by atoms with E-state index in [0.717, 1.165) is 5.69 Å². The minimum atomic E-state index is -2.96. The fourth-order valence-corrected chi connectivity index (χ4v) is 5.74. The first kappa shape index (κ1) is 18.4. The van der Waals surface area contributed by atoms with E-state index in [1.54, 1.807) is 11.3 Å². The molecule has 1 saturated heterocycles. The van der Waals surface area contributed by atoms with Crippen molar-refractivity contribution >= 4 is 44.2 Å². The SMILES string of the molecule is Cc1ccc(NC(=S)N(Cc2cccs2)[C@H]2CCS(=O)(=O)C2)cc1C. The van der Waals surface area contributed by atoms with E-state index in [1.165, 1.54) is 16.0 Å². The summed E-state index contributed by atoms with van der Waals surface area (Å²) in [6, 6.07) is 10.1. The van der Waals surface area contributed by atoms with Gasteiger partial charge in [0.2, 0.25) is 0 Å². The highest BCUT2D eigenvalue weighted by molar-refractivity contribution is 7.91. The average Bonchev–Trinajstić information content (AvgIpc) is 3.17. The van der Waals surface area contributed by atoms with Gasteiger partial charge in [-0.2, -0.15) is 0 Å². The van der Waals surface area contributed by atoms with Gasteiger partial charge in [-0.1, -0.05) is 12.1 Å². The number of thiocarbonyl (C=S) groups is 1. The first-order chi connectivity index (χ1) is 11.8. The molecular weight excluding hydrogens is 372 g/mol. The number of hydrogen-bond acceptors (Lipinski definition) is 4. The Bertz CT molecular complexity index is 860. The van der Waals surface area contributed by atoms with Crippen LogP contribution in [0, 0.1) is 13.8 Å². The van der Waals surface area contributed by atoms with Gasteiger partial charge >= 0.3 is 0 Å². The summed E-state index contributed by atoms with van der Waals surface area (Å²) in [6.07, 6.45) is 0.627. The van der Waals surface area contributed by atoms with Crippen molar-refractivity contribution in [1.29, 1.82) is 0 Å². The van der Waals surface area contributed by atoms with Crippen LogP contribution in [0.5, 0.6) is 0 Å². The van der Waals surface area contributed by atoms with Crippen LogP contribution < -0.4 is 5.32 Å². The maximum Gasteiger partial charge on any atom is 0.174 e. The van der Waals surface area contributed by atoms with Gasteiger partial charge in [0.05, 0.1) is 18.1 Å². The van der Waals surface area contributed by atoms with E-state index in [4.69, 9.17) is 12.2 Å². The summed E-state index contributed by atoms with van der Waals surface area (Å²) in [6.45, 7) is 4.77. The topological polar surface area (TPSA) is 49.4 Å². The average molecular weight is 395 g/mol. The second-order valence-electron chi connectivity index (χ2n) is 6.49. The van der Waals surface area contributed by atoms with E-state index < -0.39 is 9.84 Å². The Labute approximate surface area is 158 Å². The third-order valence-corrected chi connectivity index (χ3v) is 7.52. The van der Waals surface area contributed by atoms with E-state index >= 15 is 0 Å². The summed E-state index contributed by atoms with van der Waals surface area (Å²) in [5, 5.41) is 5.90. The molecule has 134 valence electrons. The molecule has 3 rings (SSSR count). The van der Waals surface area contributed by atoms with Crippen LogP contribution >= 0.6 is 23.6 Å². The lowest BCUT2D eigenvalue weighted by Gasteiger charge is -2.30. The molecule has 0 spiro atoms. The van der Waals surface area contributed by atoms with Gasteiger partial charge in [-0.3, -0.25) is 0 Å². The van der Waals surface area contributed by atoms with Crippen LogP contribution in [0.2, 0.25) is 0 Å². The van der Waals surface area contributed by atoms with Gasteiger partial charge in [0.25, 0.3) is 0 Å². The van der Waals surface area contributed by atoms with Crippen molar-refractivity contribution in [3.8, 4) is 0 Å². The van der Waals surface area contributed by atoms with Crippen LogP contribution in [0.3, 0.4) is 0 Å². The first-order valence-corrected chi connectivity index (χ1v) is 11.3. The molecule has 2 aromatic rings. The fourth-order valence-electron chi connectivity index (χ4n) is 2.97. The summed E-state index contributed by atoms with van der Waals surface area (Å²) in [5.41, 5.74) is 3.36. The molecule has 1 atom stereocenters. The maximum absolute atomic E-state index is 11.9. The lowest BCUT2D eigenvalue weighted by molar-refractivity contribution is 0.335. The Morgan fingerprint density at radius 2 is 2.12 bits per heavy atom. The number of anilines is 1. The number of nitrogens with one attached hydrogen (secondary N) is 1. The second-order valence-corrected chi connectivity index (χ2v) is 10.1. The number of rotatable bonds is 4. The highest BCUT2D eigenvalue weighted by Crippen LogP contribution is 2.23. The highest BCUT2D eigenvalue weighted by atomic mass is 32.2. The van der Waals surface area contributed by atoms with Gasteiger partial charge in [-0.15, -0.1) is 11.3 Å². The molecule has 7 heteroatoms. The Hall–Kier alpha value is -1.44. The summed E-state index contributed by atoms with van der Waals surface area (Å²) in [7, 11) is -2.96. The van der Waals surface area contributed by atoms with Crippen LogP contribution in [-0.4, -0.2) is 36.0 Å². The summed E-state index contributed by atoms with van der Waals surface area (Å²) >= 11 is 7.30. The normalized spacial score (nSPS) is 18.9. The molecule has 4 nitrogen and oxygen atoms in total. The smallest absolute Gasteiger partial charge is 0.174 e. The molecule has 25 heavy (non-hydrogen) atoms. The maximum atomic E-state index is 11.9. The van der Waals surface area contributed by atoms with Crippen molar-refractivity contribution in [2.75, 3.05) is 16.8 Å². The Morgan fingerprint density at radius 1 is 1.32 bits per heavy atom. The van der Waals surface area contributed by atoms with Gasteiger partial charge < -0.3 is 10.2 Å². The number of benzene rings is 1. The van der Waals surface area contributed by atoms with E-state index in [0.29, 0.717) is 18.1 Å². The fraction of sp³-hybridized carbons (Fsp3) is 0.389. The molecule has 0 unspecified atom stereocenters. The van der Waals surface area contributed by atoms with Crippen molar-refractivity contribution < 1.29 is 8.42 Å². The molecule has 1 aliphatic heterocycles. The first-order valence-electron chi connectivity index (χ1n) is 8.22. The monoisotopic (exact) mass is 394 g/mol. The van der Waals surface area contributed by atoms with Gasteiger partial charge in [-0.25, -0.2) is 8.42 Å². The Balaban J connectivity index is 1.80. The van der Waals surface area contributed by atoms with Gasteiger partial charge in [0.1, 0.15) is 0 Å². The molecule has 0 bridgehead atoms. The molecule has 1 aromatic carbocycles.